The second kappa shape index (κ2) is 12.5. The van der Waals surface area contributed by atoms with Crippen molar-refractivity contribution in [3.8, 4) is 17.2 Å². The Morgan fingerprint density at radius 2 is 0.646 bits per heavy atom. The molecule has 0 fully saturated rings. The fourth-order valence-corrected chi connectivity index (χ4v) is 6.96. The highest BCUT2D eigenvalue weighted by atomic mass is 16.3. The maximum Gasteiger partial charge on any atom is 0.336 e. The maximum atomic E-state index is 14.3. The average molecular weight is 658 g/mol. The van der Waals surface area contributed by atoms with Gasteiger partial charge in [0.2, 0.25) is 0 Å². The minimum atomic E-state index is -0.896. The first kappa shape index (κ1) is 36.3. The minimum absolute atomic E-state index is 0.0881. The van der Waals surface area contributed by atoms with Crippen LogP contribution in [0.3, 0.4) is 0 Å². The molecular formula is C39H51N3O6. The summed E-state index contributed by atoms with van der Waals surface area (Å²) in [6.07, 6.45) is 0. The lowest BCUT2D eigenvalue weighted by atomic mass is 9.81. The van der Waals surface area contributed by atoms with E-state index in [-0.39, 0.29) is 36.9 Å². The molecule has 258 valence electrons. The van der Waals surface area contributed by atoms with E-state index in [1.54, 1.807) is 20.8 Å². The normalized spacial score (nSPS) is 12.5. The standard InChI is InChI=1S/C39H51N3O6/c1-22-13-25(4)31(43)28(16-22)37(7,8)19-40-34(46)41(20-38(9,10)29-17-23(2)14-26(5)32(29)44)36(48)42(35(40)47)21-39(11,12)30-18-24(3)15-27(6)33(30)45/h13-18,43-45H,19-21H2,1-12H3. The van der Waals surface area contributed by atoms with Crippen molar-refractivity contribution in [1.29, 1.82) is 0 Å². The largest absolute Gasteiger partial charge is 0.507 e. The van der Waals surface area contributed by atoms with Crippen LogP contribution in [0, 0.1) is 41.5 Å². The Morgan fingerprint density at radius 1 is 0.438 bits per heavy atom. The number of phenols is 3. The van der Waals surface area contributed by atoms with Crippen molar-refractivity contribution in [2.75, 3.05) is 0 Å². The van der Waals surface area contributed by atoms with Crippen LogP contribution in [0.1, 0.15) is 91.6 Å². The highest BCUT2D eigenvalue weighted by Gasteiger charge is 2.34. The summed E-state index contributed by atoms with van der Waals surface area (Å²) in [4.78, 5) is 43.0. The van der Waals surface area contributed by atoms with Crippen molar-refractivity contribution < 1.29 is 15.3 Å². The van der Waals surface area contributed by atoms with Crippen LogP contribution in [0.15, 0.2) is 50.8 Å². The first-order chi connectivity index (χ1) is 22.0. The summed E-state index contributed by atoms with van der Waals surface area (Å²) < 4.78 is 3.23. The molecule has 0 saturated heterocycles. The summed E-state index contributed by atoms with van der Waals surface area (Å²) in [5.74, 6) is 0.264. The van der Waals surface area contributed by atoms with E-state index < -0.39 is 33.3 Å². The highest BCUT2D eigenvalue weighted by molar-refractivity contribution is 5.48. The number of phenolic OH excluding ortho intramolecular Hbond substituents is 3. The topological polar surface area (TPSA) is 127 Å². The van der Waals surface area contributed by atoms with Gasteiger partial charge < -0.3 is 15.3 Å². The lowest BCUT2D eigenvalue weighted by molar-refractivity contribution is 0.310. The number of rotatable bonds is 9. The number of benzene rings is 3. The van der Waals surface area contributed by atoms with E-state index in [1.165, 1.54) is 0 Å². The zero-order chi connectivity index (χ0) is 36.3. The molecule has 4 aromatic rings. The summed E-state index contributed by atoms with van der Waals surface area (Å²) in [6, 6.07) is 11.1. The predicted octanol–water partition coefficient (Wildman–Crippen LogP) is 6.07. The quantitative estimate of drug-likeness (QED) is 0.201. The van der Waals surface area contributed by atoms with Crippen molar-refractivity contribution in [1.82, 2.24) is 13.7 Å². The molecule has 3 N–H and O–H groups in total. The SMILES string of the molecule is Cc1cc(C)c(O)c(C(C)(C)Cn2c(=O)n(CC(C)(C)c3cc(C)cc(C)c3O)c(=O)n(CC(C)(C)c3cc(C)cc(C)c3O)c2=O)c1. The molecule has 3 aromatic carbocycles. The van der Waals surface area contributed by atoms with Crippen LogP contribution in [-0.4, -0.2) is 29.0 Å². The van der Waals surface area contributed by atoms with Gasteiger partial charge in [0.1, 0.15) is 17.2 Å². The summed E-state index contributed by atoms with van der Waals surface area (Å²) >= 11 is 0. The van der Waals surface area contributed by atoms with Crippen LogP contribution < -0.4 is 17.1 Å². The first-order valence-electron chi connectivity index (χ1n) is 16.3. The summed E-state index contributed by atoms with van der Waals surface area (Å²) in [6.45, 7) is 21.9. The van der Waals surface area contributed by atoms with Crippen LogP contribution in [-0.2, 0) is 35.9 Å². The van der Waals surface area contributed by atoms with Gasteiger partial charge in [-0.3, -0.25) is 0 Å². The van der Waals surface area contributed by atoms with Gasteiger partial charge in [0.25, 0.3) is 0 Å². The Balaban J connectivity index is 1.99. The highest BCUT2D eigenvalue weighted by Crippen LogP contribution is 2.38. The van der Waals surface area contributed by atoms with E-state index >= 15 is 0 Å². The molecule has 0 bridgehead atoms. The third kappa shape index (κ3) is 6.73. The molecule has 0 aliphatic rings. The van der Waals surface area contributed by atoms with Crippen molar-refractivity contribution >= 4 is 0 Å². The van der Waals surface area contributed by atoms with Gasteiger partial charge >= 0.3 is 17.1 Å². The van der Waals surface area contributed by atoms with Crippen molar-refractivity contribution in [2.45, 2.75) is 119 Å². The fraction of sp³-hybridized carbons (Fsp3) is 0.462. The van der Waals surface area contributed by atoms with Gasteiger partial charge in [-0.05, 0) is 58.2 Å². The van der Waals surface area contributed by atoms with E-state index in [9.17, 15) is 29.7 Å². The molecule has 9 heteroatoms. The van der Waals surface area contributed by atoms with E-state index in [4.69, 9.17) is 0 Å². The summed E-state index contributed by atoms with van der Waals surface area (Å²) in [5, 5.41) is 33.2. The van der Waals surface area contributed by atoms with Gasteiger partial charge in [-0.2, -0.15) is 0 Å². The van der Waals surface area contributed by atoms with Gasteiger partial charge in [0.15, 0.2) is 0 Å². The van der Waals surface area contributed by atoms with Gasteiger partial charge in [0.05, 0.1) is 0 Å². The smallest absolute Gasteiger partial charge is 0.336 e. The zero-order valence-electron chi connectivity index (χ0n) is 30.5. The van der Waals surface area contributed by atoms with Gasteiger partial charge in [-0.25, -0.2) is 28.1 Å². The lowest BCUT2D eigenvalue weighted by Gasteiger charge is -2.32. The van der Waals surface area contributed by atoms with Crippen LogP contribution in [0.2, 0.25) is 0 Å². The second-order valence-corrected chi connectivity index (χ2v) is 15.7. The molecular weight excluding hydrogens is 606 g/mol. The molecule has 0 saturated carbocycles. The zero-order valence-corrected chi connectivity index (χ0v) is 30.5. The Kier molecular flexibility index (Phi) is 9.45. The molecule has 0 amide bonds. The number of nitrogens with zero attached hydrogens (tertiary/aromatic N) is 3. The Labute approximate surface area is 282 Å². The number of hydrogen-bond acceptors (Lipinski definition) is 6. The fourth-order valence-electron chi connectivity index (χ4n) is 6.96. The number of hydrogen-bond donors (Lipinski definition) is 3. The van der Waals surface area contributed by atoms with Crippen molar-refractivity contribution in [3.05, 3.63) is 118 Å². The Bertz CT molecular complexity index is 1830. The molecule has 0 atom stereocenters. The van der Waals surface area contributed by atoms with Gasteiger partial charge in [-0.15, -0.1) is 0 Å². The molecule has 0 unspecified atom stereocenters. The third-order valence-corrected chi connectivity index (χ3v) is 9.57. The molecule has 0 radical (unpaired) electrons. The Morgan fingerprint density at radius 3 is 0.854 bits per heavy atom. The average Bonchev–Trinajstić information content (AvgIpc) is 2.97. The molecule has 9 nitrogen and oxygen atoms in total. The van der Waals surface area contributed by atoms with Crippen LogP contribution in [0.5, 0.6) is 17.2 Å². The van der Waals surface area contributed by atoms with E-state index in [2.05, 4.69) is 0 Å². The van der Waals surface area contributed by atoms with Gasteiger partial charge in [0, 0.05) is 52.6 Å². The van der Waals surface area contributed by atoms with Crippen LogP contribution >= 0.6 is 0 Å². The van der Waals surface area contributed by atoms with Crippen LogP contribution in [0.4, 0.5) is 0 Å². The monoisotopic (exact) mass is 657 g/mol. The molecule has 4 rings (SSSR count). The van der Waals surface area contributed by atoms with E-state index in [0.717, 1.165) is 30.4 Å². The number of aromatic nitrogens is 3. The van der Waals surface area contributed by atoms with E-state index in [0.29, 0.717) is 33.4 Å². The second-order valence-electron chi connectivity index (χ2n) is 15.7. The predicted molar refractivity (Wildman–Crippen MR) is 191 cm³/mol. The molecule has 0 aliphatic carbocycles. The van der Waals surface area contributed by atoms with Crippen molar-refractivity contribution in [3.63, 3.8) is 0 Å². The molecule has 0 spiro atoms. The van der Waals surface area contributed by atoms with Crippen molar-refractivity contribution in [2.24, 2.45) is 0 Å². The molecule has 1 aromatic heterocycles. The maximum absolute atomic E-state index is 14.3. The summed E-state index contributed by atoms with van der Waals surface area (Å²) in [5.41, 5.74) is 1.53. The summed E-state index contributed by atoms with van der Waals surface area (Å²) in [7, 11) is 0. The number of aromatic hydroxyl groups is 3. The van der Waals surface area contributed by atoms with E-state index in [1.807, 2.05) is 98.7 Å². The lowest BCUT2D eigenvalue weighted by Crippen LogP contribution is -2.58. The number of aryl methyl sites for hydroxylation is 6. The molecule has 48 heavy (non-hydrogen) atoms. The van der Waals surface area contributed by atoms with Gasteiger partial charge in [-0.1, -0.05) is 94.6 Å². The molecule has 0 aliphatic heterocycles. The first-order valence-corrected chi connectivity index (χ1v) is 16.3. The van der Waals surface area contributed by atoms with Crippen LogP contribution in [0.25, 0.3) is 0 Å². The third-order valence-electron chi connectivity index (χ3n) is 9.57. The molecule has 1 heterocycles. The minimum Gasteiger partial charge on any atom is -0.507 e. The Hall–Kier alpha value is -4.53.